The summed E-state index contributed by atoms with van der Waals surface area (Å²) in [6, 6.07) is 25.5. The zero-order valence-corrected chi connectivity index (χ0v) is 14.9. The summed E-state index contributed by atoms with van der Waals surface area (Å²) in [4.78, 5) is 13.2. The van der Waals surface area contributed by atoms with Crippen molar-refractivity contribution >= 4 is 16.7 Å². The molecule has 0 unspecified atom stereocenters. The van der Waals surface area contributed by atoms with Crippen molar-refractivity contribution in [3.63, 3.8) is 0 Å². The molecular formula is C24H17NO3. The smallest absolute Gasteiger partial charge is 0.253 e. The summed E-state index contributed by atoms with van der Waals surface area (Å²) in [7, 11) is 0. The van der Waals surface area contributed by atoms with Crippen molar-refractivity contribution in [1.29, 1.82) is 0 Å². The van der Waals surface area contributed by atoms with Crippen molar-refractivity contribution < 1.29 is 15.0 Å². The second-order valence-corrected chi connectivity index (χ2v) is 7.01. The van der Waals surface area contributed by atoms with Gasteiger partial charge in [0.1, 0.15) is 17.0 Å². The van der Waals surface area contributed by atoms with Gasteiger partial charge in [-0.1, -0.05) is 60.7 Å². The topological polar surface area (TPSA) is 69.6 Å². The molecule has 0 saturated carbocycles. The van der Waals surface area contributed by atoms with Crippen LogP contribution < -0.4 is 5.32 Å². The molecule has 0 saturated heterocycles. The quantitative estimate of drug-likeness (QED) is 0.495. The number of phenolic OH excluding ortho intramolecular Hbond substituents is 2. The van der Waals surface area contributed by atoms with Crippen molar-refractivity contribution in [2.45, 2.75) is 5.54 Å². The molecule has 0 aromatic heterocycles. The molecule has 28 heavy (non-hydrogen) atoms. The Morgan fingerprint density at radius 3 is 1.86 bits per heavy atom. The van der Waals surface area contributed by atoms with Gasteiger partial charge in [-0.3, -0.25) is 4.79 Å². The molecule has 4 aromatic carbocycles. The van der Waals surface area contributed by atoms with Gasteiger partial charge in [0.25, 0.3) is 5.91 Å². The molecule has 0 bridgehead atoms. The fraction of sp³-hybridized carbons (Fsp3) is 0.0417. The molecule has 0 spiro atoms. The number of aromatic hydroxyl groups is 2. The Labute approximate surface area is 161 Å². The third-order valence-corrected chi connectivity index (χ3v) is 5.46. The van der Waals surface area contributed by atoms with Crippen molar-refractivity contribution in [1.82, 2.24) is 5.32 Å². The Bertz CT molecular complexity index is 1170. The summed E-state index contributed by atoms with van der Waals surface area (Å²) in [6.45, 7) is 0. The molecule has 1 aliphatic heterocycles. The Balaban J connectivity index is 1.87. The summed E-state index contributed by atoms with van der Waals surface area (Å²) < 4.78 is 0. The van der Waals surface area contributed by atoms with Crippen LogP contribution in [0.5, 0.6) is 11.5 Å². The van der Waals surface area contributed by atoms with Gasteiger partial charge in [-0.25, -0.2) is 0 Å². The molecule has 4 heteroatoms. The molecule has 4 aromatic rings. The SMILES string of the molecule is O=C1NC(c2ccc(O)cc2)(c2ccc(O)cc2)c2ccc3ccccc3c21. The highest BCUT2D eigenvalue weighted by molar-refractivity contribution is 6.12. The molecule has 0 fully saturated rings. The highest BCUT2D eigenvalue weighted by Gasteiger charge is 2.46. The van der Waals surface area contributed by atoms with E-state index in [9.17, 15) is 15.0 Å². The van der Waals surface area contributed by atoms with Gasteiger partial charge in [-0.05, 0) is 51.7 Å². The molecule has 1 heterocycles. The highest BCUT2D eigenvalue weighted by Crippen LogP contribution is 2.45. The summed E-state index contributed by atoms with van der Waals surface area (Å²) in [5, 5.41) is 24.6. The van der Waals surface area contributed by atoms with Crippen LogP contribution in [-0.4, -0.2) is 16.1 Å². The third-order valence-electron chi connectivity index (χ3n) is 5.46. The first-order valence-corrected chi connectivity index (χ1v) is 9.03. The van der Waals surface area contributed by atoms with Crippen LogP contribution in [0, 0.1) is 0 Å². The van der Waals surface area contributed by atoms with Crippen LogP contribution in [0.1, 0.15) is 27.0 Å². The molecule has 0 atom stereocenters. The van der Waals surface area contributed by atoms with E-state index in [-0.39, 0.29) is 17.4 Å². The molecule has 4 nitrogen and oxygen atoms in total. The summed E-state index contributed by atoms with van der Waals surface area (Å²) >= 11 is 0. The van der Waals surface area contributed by atoms with Gasteiger partial charge < -0.3 is 15.5 Å². The fourth-order valence-electron chi connectivity index (χ4n) is 4.17. The first-order chi connectivity index (χ1) is 13.6. The lowest BCUT2D eigenvalue weighted by atomic mass is 9.77. The zero-order chi connectivity index (χ0) is 19.3. The van der Waals surface area contributed by atoms with Gasteiger partial charge >= 0.3 is 0 Å². The number of rotatable bonds is 2. The number of carbonyl (C=O) groups is 1. The maximum absolute atomic E-state index is 13.2. The number of fused-ring (bicyclic) bond motifs is 3. The lowest BCUT2D eigenvalue weighted by molar-refractivity contribution is 0.0950. The molecule has 1 amide bonds. The van der Waals surface area contributed by atoms with E-state index < -0.39 is 5.54 Å². The zero-order valence-electron chi connectivity index (χ0n) is 14.9. The van der Waals surface area contributed by atoms with Crippen molar-refractivity contribution in [2.75, 3.05) is 0 Å². The lowest BCUT2D eigenvalue weighted by Crippen LogP contribution is -2.41. The normalized spacial score (nSPS) is 14.6. The van der Waals surface area contributed by atoms with E-state index in [1.54, 1.807) is 24.3 Å². The minimum atomic E-state index is -0.905. The number of carbonyl (C=O) groups excluding carboxylic acids is 1. The molecule has 1 aliphatic rings. The molecule has 0 aliphatic carbocycles. The van der Waals surface area contributed by atoms with E-state index in [4.69, 9.17) is 0 Å². The average Bonchev–Trinajstić information content (AvgIpc) is 3.03. The molecule has 136 valence electrons. The highest BCUT2D eigenvalue weighted by atomic mass is 16.3. The van der Waals surface area contributed by atoms with Gasteiger partial charge in [-0.2, -0.15) is 0 Å². The van der Waals surface area contributed by atoms with Gasteiger partial charge in [0.05, 0.1) is 5.56 Å². The summed E-state index contributed by atoms with van der Waals surface area (Å²) in [6.07, 6.45) is 0. The number of amides is 1. The van der Waals surface area contributed by atoms with Crippen LogP contribution in [0.25, 0.3) is 10.8 Å². The first-order valence-electron chi connectivity index (χ1n) is 9.03. The van der Waals surface area contributed by atoms with Crippen LogP contribution >= 0.6 is 0 Å². The van der Waals surface area contributed by atoms with Gasteiger partial charge in [0, 0.05) is 0 Å². The third kappa shape index (κ3) is 2.21. The predicted octanol–water partition coefficient (Wildman–Crippen LogP) is 4.29. The van der Waals surface area contributed by atoms with Crippen molar-refractivity contribution in [3.8, 4) is 11.5 Å². The lowest BCUT2D eigenvalue weighted by Gasteiger charge is -2.32. The van der Waals surface area contributed by atoms with Crippen LogP contribution in [0.2, 0.25) is 0 Å². The summed E-state index contributed by atoms with van der Waals surface area (Å²) in [5.74, 6) is 0.174. The molecule has 0 radical (unpaired) electrons. The maximum Gasteiger partial charge on any atom is 0.253 e. The number of hydrogen-bond donors (Lipinski definition) is 3. The number of phenols is 2. The van der Waals surface area contributed by atoms with E-state index >= 15 is 0 Å². The van der Waals surface area contributed by atoms with E-state index in [1.807, 2.05) is 60.7 Å². The van der Waals surface area contributed by atoms with E-state index in [0.717, 1.165) is 27.5 Å². The number of nitrogens with one attached hydrogen (secondary N) is 1. The van der Waals surface area contributed by atoms with E-state index in [1.165, 1.54) is 0 Å². The largest absolute Gasteiger partial charge is 0.508 e. The Hall–Kier alpha value is -3.79. The minimum Gasteiger partial charge on any atom is -0.508 e. The minimum absolute atomic E-state index is 0.145. The summed E-state index contributed by atoms with van der Waals surface area (Å²) in [5.41, 5.74) is 2.27. The first kappa shape index (κ1) is 16.4. The monoisotopic (exact) mass is 367 g/mol. The predicted molar refractivity (Wildman–Crippen MR) is 108 cm³/mol. The number of benzene rings is 4. The van der Waals surface area contributed by atoms with Gasteiger partial charge in [0.2, 0.25) is 0 Å². The van der Waals surface area contributed by atoms with E-state index in [2.05, 4.69) is 5.32 Å². The maximum atomic E-state index is 13.2. The Morgan fingerprint density at radius 2 is 1.25 bits per heavy atom. The van der Waals surface area contributed by atoms with Crippen LogP contribution in [-0.2, 0) is 5.54 Å². The van der Waals surface area contributed by atoms with E-state index in [0.29, 0.717) is 5.56 Å². The second kappa shape index (κ2) is 5.86. The molecule has 5 rings (SSSR count). The van der Waals surface area contributed by atoms with Crippen LogP contribution in [0.3, 0.4) is 0 Å². The average molecular weight is 367 g/mol. The van der Waals surface area contributed by atoms with Crippen molar-refractivity contribution in [2.24, 2.45) is 0 Å². The molecular weight excluding hydrogens is 350 g/mol. The van der Waals surface area contributed by atoms with Crippen LogP contribution in [0.4, 0.5) is 0 Å². The molecule has 3 N–H and O–H groups in total. The van der Waals surface area contributed by atoms with Crippen LogP contribution in [0.15, 0.2) is 84.9 Å². The Kier molecular flexibility index (Phi) is 3.43. The van der Waals surface area contributed by atoms with Gasteiger partial charge in [-0.15, -0.1) is 0 Å². The standard InChI is InChI=1S/C24H17NO3/c26-18-10-6-16(7-11-18)24(17-8-12-19(27)13-9-17)21-14-5-15-3-1-2-4-20(15)22(21)23(28)25-24/h1-14,26-27H,(H,25,28). The number of hydrogen-bond acceptors (Lipinski definition) is 3. The van der Waals surface area contributed by atoms with Crippen molar-refractivity contribution in [3.05, 3.63) is 107 Å². The fourth-order valence-corrected chi connectivity index (χ4v) is 4.17. The Morgan fingerprint density at radius 1 is 0.679 bits per heavy atom. The second-order valence-electron chi connectivity index (χ2n) is 7.01. The van der Waals surface area contributed by atoms with Gasteiger partial charge in [0.15, 0.2) is 0 Å².